The molecule has 0 fully saturated rings. The molecular weight excluding hydrogens is 238 g/mol. The molecule has 1 heterocycles. The quantitative estimate of drug-likeness (QED) is 0.516. The van der Waals surface area contributed by atoms with Gasteiger partial charge in [0, 0.05) is 24.1 Å². The van der Waals surface area contributed by atoms with E-state index in [2.05, 4.69) is 0 Å². The summed E-state index contributed by atoms with van der Waals surface area (Å²) in [5.74, 6) is 0.225. The van der Waals surface area contributed by atoms with Gasteiger partial charge in [0.15, 0.2) is 0 Å². The van der Waals surface area contributed by atoms with Crippen molar-refractivity contribution in [3.63, 3.8) is 0 Å². The molecule has 19 heavy (non-hydrogen) atoms. The predicted octanol–water partition coefficient (Wildman–Crippen LogP) is 3.40. The topological polar surface area (TPSA) is 31.2 Å². The van der Waals surface area contributed by atoms with E-state index < -0.39 is 0 Å². The van der Waals surface area contributed by atoms with Gasteiger partial charge < -0.3 is 9.30 Å². The summed E-state index contributed by atoms with van der Waals surface area (Å²) in [4.78, 5) is 11.9. The first-order chi connectivity index (χ1) is 9.24. The van der Waals surface area contributed by atoms with E-state index in [1.54, 1.807) is 12.1 Å². The molecule has 0 amide bonds. The Hall–Kier alpha value is -2.55. The zero-order chi connectivity index (χ0) is 13.2. The third-order valence-electron chi connectivity index (χ3n) is 3.08. The highest BCUT2D eigenvalue weighted by atomic mass is 16.5. The van der Waals surface area contributed by atoms with Gasteiger partial charge >= 0.3 is 5.97 Å². The van der Waals surface area contributed by atoms with Crippen LogP contribution in [0.3, 0.4) is 0 Å². The Labute approximate surface area is 111 Å². The van der Waals surface area contributed by atoms with Gasteiger partial charge in [0.1, 0.15) is 5.75 Å². The van der Waals surface area contributed by atoms with Crippen LogP contribution in [-0.4, -0.2) is 10.5 Å². The maximum atomic E-state index is 11.9. The van der Waals surface area contributed by atoms with Crippen molar-refractivity contribution < 1.29 is 9.53 Å². The summed E-state index contributed by atoms with van der Waals surface area (Å²) in [6, 6.07) is 16.6. The molecule has 0 N–H and O–H groups in total. The highest BCUT2D eigenvalue weighted by Crippen LogP contribution is 2.22. The first-order valence-corrected chi connectivity index (χ1v) is 6.06. The summed E-state index contributed by atoms with van der Waals surface area (Å²) in [5, 5.41) is 1.06. The molecule has 0 atom stereocenters. The Morgan fingerprint density at radius 1 is 1.05 bits per heavy atom. The second-order valence-electron chi connectivity index (χ2n) is 4.40. The molecule has 94 valence electrons. The van der Waals surface area contributed by atoms with Gasteiger partial charge in [-0.15, -0.1) is 0 Å². The van der Waals surface area contributed by atoms with Crippen LogP contribution in [0, 0.1) is 0 Å². The zero-order valence-corrected chi connectivity index (χ0v) is 10.5. The molecule has 3 nitrogen and oxygen atoms in total. The number of aryl methyl sites for hydroxylation is 1. The monoisotopic (exact) mass is 251 g/mol. The lowest BCUT2D eigenvalue weighted by Crippen LogP contribution is -2.07. The van der Waals surface area contributed by atoms with E-state index >= 15 is 0 Å². The molecule has 0 spiro atoms. The summed E-state index contributed by atoms with van der Waals surface area (Å²) in [6.07, 6.45) is 1.98. The van der Waals surface area contributed by atoms with Crippen LogP contribution in [0.5, 0.6) is 5.75 Å². The number of ether oxygens (including phenoxy) is 1. The summed E-state index contributed by atoms with van der Waals surface area (Å²) < 4.78 is 7.40. The maximum absolute atomic E-state index is 11.9. The molecule has 0 bridgehead atoms. The van der Waals surface area contributed by atoms with Gasteiger partial charge in [-0.25, -0.2) is 4.79 Å². The van der Waals surface area contributed by atoms with E-state index in [4.69, 9.17) is 4.74 Å². The molecule has 0 saturated carbocycles. The van der Waals surface area contributed by atoms with Crippen molar-refractivity contribution in [2.75, 3.05) is 0 Å². The Balaban J connectivity index is 1.87. The molecule has 0 unspecified atom stereocenters. The number of carbonyl (C=O) groups is 1. The first kappa shape index (κ1) is 11.5. The van der Waals surface area contributed by atoms with Gasteiger partial charge in [-0.05, 0) is 36.4 Å². The fourth-order valence-electron chi connectivity index (χ4n) is 2.06. The van der Waals surface area contributed by atoms with Gasteiger partial charge in [0.25, 0.3) is 0 Å². The van der Waals surface area contributed by atoms with E-state index in [9.17, 15) is 4.79 Å². The van der Waals surface area contributed by atoms with Crippen LogP contribution >= 0.6 is 0 Å². The molecular formula is C16H13NO2. The van der Waals surface area contributed by atoms with E-state index in [-0.39, 0.29) is 5.97 Å². The van der Waals surface area contributed by atoms with E-state index in [1.807, 2.05) is 60.3 Å². The number of esters is 1. The number of rotatable bonds is 2. The lowest BCUT2D eigenvalue weighted by atomic mass is 10.2. The van der Waals surface area contributed by atoms with E-state index in [0.717, 1.165) is 10.9 Å². The fraction of sp³-hybridized carbons (Fsp3) is 0.0625. The molecule has 0 aliphatic rings. The lowest BCUT2D eigenvalue weighted by Gasteiger charge is -2.04. The van der Waals surface area contributed by atoms with Gasteiger partial charge in [-0.2, -0.15) is 0 Å². The largest absolute Gasteiger partial charge is 0.423 e. The van der Waals surface area contributed by atoms with Crippen LogP contribution in [0.2, 0.25) is 0 Å². The number of hydrogen-bond acceptors (Lipinski definition) is 2. The van der Waals surface area contributed by atoms with Crippen LogP contribution in [-0.2, 0) is 7.05 Å². The average Bonchev–Trinajstić information content (AvgIpc) is 2.81. The third-order valence-corrected chi connectivity index (χ3v) is 3.08. The number of benzene rings is 2. The van der Waals surface area contributed by atoms with Crippen molar-refractivity contribution in [1.82, 2.24) is 4.57 Å². The number of nitrogens with zero attached hydrogens (tertiary/aromatic N) is 1. The molecule has 2 aromatic carbocycles. The van der Waals surface area contributed by atoms with Gasteiger partial charge in [-0.1, -0.05) is 18.2 Å². The first-order valence-electron chi connectivity index (χ1n) is 6.06. The summed E-state index contributed by atoms with van der Waals surface area (Å²) in [5.41, 5.74) is 1.66. The average molecular weight is 251 g/mol. The second kappa shape index (κ2) is 4.61. The molecule has 3 heteroatoms. The molecule has 1 aromatic heterocycles. The molecule has 0 aliphatic carbocycles. The Bertz CT molecular complexity index is 729. The molecule has 0 aliphatic heterocycles. The van der Waals surface area contributed by atoms with E-state index in [0.29, 0.717) is 11.3 Å². The fourth-order valence-corrected chi connectivity index (χ4v) is 2.06. The SMILES string of the molecule is Cn1ccc2cc(OC(=O)c3ccccc3)ccc21. The molecule has 0 saturated heterocycles. The van der Waals surface area contributed by atoms with Crippen molar-refractivity contribution in [1.29, 1.82) is 0 Å². The zero-order valence-electron chi connectivity index (χ0n) is 10.5. The van der Waals surface area contributed by atoms with E-state index in [1.165, 1.54) is 0 Å². The minimum absolute atomic E-state index is 0.337. The Kier molecular flexibility index (Phi) is 2.80. The number of carbonyl (C=O) groups excluding carboxylic acids is 1. The van der Waals surface area contributed by atoms with Crippen molar-refractivity contribution in [3.8, 4) is 5.75 Å². The summed E-state index contributed by atoms with van der Waals surface area (Å²) in [7, 11) is 1.98. The summed E-state index contributed by atoms with van der Waals surface area (Å²) >= 11 is 0. The maximum Gasteiger partial charge on any atom is 0.343 e. The number of aromatic nitrogens is 1. The Morgan fingerprint density at radius 2 is 1.84 bits per heavy atom. The molecule has 0 radical (unpaired) electrons. The van der Waals surface area contributed by atoms with Crippen molar-refractivity contribution >= 4 is 16.9 Å². The normalized spacial score (nSPS) is 10.6. The highest BCUT2D eigenvalue weighted by molar-refractivity contribution is 5.91. The van der Waals surface area contributed by atoms with Crippen LogP contribution in [0.1, 0.15) is 10.4 Å². The van der Waals surface area contributed by atoms with Crippen LogP contribution < -0.4 is 4.74 Å². The standard InChI is InChI=1S/C16H13NO2/c1-17-10-9-13-11-14(7-8-15(13)17)19-16(18)12-5-3-2-4-6-12/h2-11H,1H3. The van der Waals surface area contributed by atoms with Crippen LogP contribution in [0.4, 0.5) is 0 Å². The van der Waals surface area contributed by atoms with Crippen molar-refractivity contribution in [2.24, 2.45) is 7.05 Å². The summed E-state index contributed by atoms with van der Waals surface area (Å²) in [6.45, 7) is 0. The third kappa shape index (κ3) is 2.22. The number of hydrogen-bond donors (Lipinski definition) is 0. The highest BCUT2D eigenvalue weighted by Gasteiger charge is 2.08. The van der Waals surface area contributed by atoms with Gasteiger partial charge in [0.05, 0.1) is 5.56 Å². The minimum atomic E-state index is -0.337. The minimum Gasteiger partial charge on any atom is -0.423 e. The Morgan fingerprint density at radius 3 is 2.63 bits per heavy atom. The van der Waals surface area contributed by atoms with Crippen molar-refractivity contribution in [3.05, 3.63) is 66.4 Å². The van der Waals surface area contributed by atoms with Gasteiger partial charge in [0.2, 0.25) is 0 Å². The van der Waals surface area contributed by atoms with Crippen LogP contribution in [0.15, 0.2) is 60.8 Å². The smallest absolute Gasteiger partial charge is 0.343 e. The second-order valence-corrected chi connectivity index (χ2v) is 4.40. The number of fused-ring (bicyclic) bond motifs is 1. The molecule has 3 rings (SSSR count). The van der Waals surface area contributed by atoms with Crippen molar-refractivity contribution in [2.45, 2.75) is 0 Å². The molecule has 3 aromatic rings. The van der Waals surface area contributed by atoms with Crippen LogP contribution in [0.25, 0.3) is 10.9 Å². The lowest BCUT2D eigenvalue weighted by molar-refractivity contribution is 0.0735. The predicted molar refractivity (Wildman–Crippen MR) is 74.3 cm³/mol. The van der Waals surface area contributed by atoms with Gasteiger partial charge in [-0.3, -0.25) is 0 Å².